The second kappa shape index (κ2) is 5.62. The quantitative estimate of drug-likeness (QED) is 0.844. The van der Waals surface area contributed by atoms with Gasteiger partial charge in [-0.15, -0.1) is 22.7 Å². The molecule has 2 rings (SSSR count). The van der Waals surface area contributed by atoms with Crippen molar-refractivity contribution in [1.82, 2.24) is 5.32 Å². The van der Waals surface area contributed by atoms with E-state index in [1.807, 2.05) is 22.7 Å². The average Bonchev–Trinajstić information content (AvgIpc) is 2.97. The lowest BCUT2D eigenvalue weighted by Crippen LogP contribution is -2.19. The number of aryl methyl sites for hydroxylation is 1. The summed E-state index contributed by atoms with van der Waals surface area (Å²) in [5.74, 6) is 0. The van der Waals surface area contributed by atoms with E-state index in [-0.39, 0.29) is 0 Å². The third-order valence-corrected chi connectivity index (χ3v) is 4.78. The zero-order chi connectivity index (χ0) is 11.4. The van der Waals surface area contributed by atoms with Crippen molar-refractivity contribution in [2.24, 2.45) is 0 Å². The maximum absolute atomic E-state index is 3.56. The number of rotatable bonds is 5. The maximum atomic E-state index is 3.56. The van der Waals surface area contributed by atoms with Gasteiger partial charge in [0.15, 0.2) is 0 Å². The first-order valence-corrected chi connectivity index (χ1v) is 7.40. The topological polar surface area (TPSA) is 12.0 Å². The lowest BCUT2D eigenvalue weighted by molar-refractivity contribution is 0.649. The summed E-state index contributed by atoms with van der Waals surface area (Å²) in [5.41, 5.74) is 0. The van der Waals surface area contributed by atoms with Gasteiger partial charge in [-0.1, -0.05) is 19.9 Å². The van der Waals surface area contributed by atoms with E-state index < -0.39 is 0 Å². The van der Waals surface area contributed by atoms with Gasteiger partial charge in [0.05, 0.1) is 6.04 Å². The molecule has 0 aliphatic carbocycles. The van der Waals surface area contributed by atoms with Crippen molar-refractivity contribution < 1.29 is 0 Å². The van der Waals surface area contributed by atoms with Gasteiger partial charge < -0.3 is 5.32 Å². The molecule has 0 radical (unpaired) electrons. The van der Waals surface area contributed by atoms with Crippen LogP contribution >= 0.6 is 22.7 Å². The first-order valence-electron chi connectivity index (χ1n) is 5.70. The van der Waals surface area contributed by atoms with Gasteiger partial charge in [0.1, 0.15) is 0 Å². The third-order valence-electron chi connectivity index (χ3n) is 2.55. The molecule has 1 unspecified atom stereocenters. The first-order chi connectivity index (χ1) is 7.85. The normalized spacial score (nSPS) is 12.9. The van der Waals surface area contributed by atoms with Gasteiger partial charge in [0.2, 0.25) is 0 Å². The molecule has 0 saturated carbocycles. The van der Waals surface area contributed by atoms with Crippen LogP contribution in [-0.4, -0.2) is 6.54 Å². The fraction of sp³-hybridized carbons (Fsp3) is 0.385. The van der Waals surface area contributed by atoms with E-state index in [0.29, 0.717) is 6.04 Å². The Morgan fingerprint density at radius 3 is 2.62 bits per heavy atom. The predicted octanol–water partition coefficient (Wildman–Crippen LogP) is 4.07. The Morgan fingerprint density at radius 1 is 1.19 bits per heavy atom. The van der Waals surface area contributed by atoms with Crippen LogP contribution in [0.3, 0.4) is 0 Å². The Hall–Kier alpha value is -0.640. The molecule has 0 aromatic carbocycles. The highest BCUT2D eigenvalue weighted by Gasteiger charge is 2.15. The summed E-state index contributed by atoms with van der Waals surface area (Å²) in [6.45, 7) is 5.37. The monoisotopic (exact) mass is 251 g/mol. The average molecular weight is 251 g/mol. The molecule has 2 aromatic heterocycles. The molecular formula is C13H17NS2. The van der Waals surface area contributed by atoms with Gasteiger partial charge in [-0.05, 0) is 36.5 Å². The van der Waals surface area contributed by atoms with E-state index >= 15 is 0 Å². The van der Waals surface area contributed by atoms with Crippen molar-refractivity contribution in [3.8, 4) is 0 Å². The van der Waals surface area contributed by atoms with Gasteiger partial charge in [0, 0.05) is 14.6 Å². The van der Waals surface area contributed by atoms with Gasteiger partial charge in [-0.3, -0.25) is 0 Å². The van der Waals surface area contributed by atoms with Crippen molar-refractivity contribution in [2.75, 3.05) is 6.54 Å². The minimum Gasteiger partial charge on any atom is -0.305 e. The molecule has 0 aliphatic rings. The molecule has 3 heteroatoms. The van der Waals surface area contributed by atoms with Crippen molar-refractivity contribution in [1.29, 1.82) is 0 Å². The molecule has 0 amide bonds. The van der Waals surface area contributed by atoms with Gasteiger partial charge in [0.25, 0.3) is 0 Å². The molecule has 1 nitrogen and oxygen atoms in total. The Morgan fingerprint density at radius 2 is 2.06 bits per heavy atom. The van der Waals surface area contributed by atoms with Crippen LogP contribution in [0, 0.1) is 0 Å². The van der Waals surface area contributed by atoms with Crippen LogP contribution in [0.2, 0.25) is 0 Å². The summed E-state index contributed by atoms with van der Waals surface area (Å²) < 4.78 is 0. The molecule has 1 N–H and O–H groups in total. The molecule has 2 aromatic rings. The van der Waals surface area contributed by atoms with Gasteiger partial charge in [-0.25, -0.2) is 0 Å². The molecule has 16 heavy (non-hydrogen) atoms. The molecule has 0 aliphatic heterocycles. The predicted molar refractivity (Wildman–Crippen MR) is 73.5 cm³/mol. The number of hydrogen-bond acceptors (Lipinski definition) is 3. The number of hydrogen-bond donors (Lipinski definition) is 1. The summed E-state index contributed by atoms with van der Waals surface area (Å²) in [6.07, 6.45) is 1.13. The molecule has 0 saturated heterocycles. The smallest absolute Gasteiger partial charge is 0.0764 e. The van der Waals surface area contributed by atoms with Crippen LogP contribution in [0.15, 0.2) is 29.6 Å². The summed E-state index contributed by atoms with van der Waals surface area (Å²) in [5, 5.41) is 5.71. The second-order valence-corrected chi connectivity index (χ2v) is 5.84. The van der Waals surface area contributed by atoms with Crippen LogP contribution in [0.5, 0.6) is 0 Å². The van der Waals surface area contributed by atoms with Crippen molar-refractivity contribution in [3.05, 3.63) is 44.3 Å². The van der Waals surface area contributed by atoms with E-state index in [9.17, 15) is 0 Å². The van der Waals surface area contributed by atoms with E-state index in [1.54, 1.807) is 0 Å². The van der Waals surface area contributed by atoms with Gasteiger partial charge >= 0.3 is 0 Å². The van der Waals surface area contributed by atoms with Crippen LogP contribution in [-0.2, 0) is 6.42 Å². The molecule has 0 spiro atoms. The van der Waals surface area contributed by atoms with Crippen molar-refractivity contribution in [2.45, 2.75) is 26.3 Å². The summed E-state index contributed by atoms with van der Waals surface area (Å²) in [6, 6.07) is 9.23. The minimum absolute atomic E-state index is 0.385. The van der Waals surface area contributed by atoms with Crippen LogP contribution in [0.4, 0.5) is 0 Å². The van der Waals surface area contributed by atoms with Crippen LogP contribution in [0.25, 0.3) is 0 Å². The highest BCUT2D eigenvalue weighted by atomic mass is 32.1. The summed E-state index contributed by atoms with van der Waals surface area (Å²) in [4.78, 5) is 4.31. The Kier molecular flexibility index (Phi) is 4.16. The fourth-order valence-corrected chi connectivity index (χ4v) is 3.68. The van der Waals surface area contributed by atoms with E-state index in [1.165, 1.54) is 14.6 Å². The highest BCUT2D eigenvalue weighted by Crippen LogP contribution is 2.31. The van der Waals surface area contributed by atoms with Crippen LogP contribution < -0.4 is 5.32 Å². The molecule has 0 fully saturated rings. The highest BCUT2D eigenvalue weighted by molar-refractivity contribution is 7.13. The zero-order valence-corrected chi connectivity index (χ0v) is 11.3. The van der Waals surface area contributed by atoms with Crippen molar-refractivity contribution >= 4 is 22.7 Å². The third kappa shape index (κ3) is 2.54. The minimum atomic E-state index is 0.385. The lowest BCUT2D eigenvalue weighted by Gasteiger charge is -2.14. The molecular weight excluding hydrogens is 234 g/mol. The summed E-state index contributed by atoms with van der Waals surface area (Å²) in [7, 11) is 0. The van der Waals surface area contributed by atoms with E-state index in [2.05, 4.69) is 48.8 Å². The Bertz CT molecular complexity index is 417. The lowest BCUT2D eigenvalue weighted by atomic mass is 10.2. The number of nitrogens with one attached hydrogen (secondary N) is 1. The van der Waals surface area contributed by atoms with E-state index in [4.69, 9.17) is 0 Å². The SMILES string of the molecule is CCNC(c1cccs1)c1ccc(CC)s1. The number of thiophene rings is 2. The first kappa shape index (κ1) is 11.8. The Balaban J connectivity index is 2.25. The van der Waals surface area contributed by atoms with E-state index in [0.717, 1.165) is 13.0 Å². The molecule has 0 bridgehead atoms. The van der Waals surface area contributed by atoms with Crippen LogP contribution in [0.1, 0.15) is 34.5 Å². The second-order valence-electron chi connectivity index (χ2n) is 3.66. The zero-order valence-electron chi connectivity index (χ0n) is 9.69. The molecule has 86 valence electrons. The molecule has 2 heterocycles. The molecule has 1 atom stereocenters. The maximum Gasteiger partial charge on any atom is 0.0764 e. The Labute approximate surface area is 105 Å². The standard InChI is InChI=1S/C13H17NS2/c1-3-10-7-8-12(16-10)13(14-4-2)11-6-5-9-15-11/h5-9,13-14H,3-4H2,1-2H3. The fourth-order valence-electron chi connectivity index (χ4n) is 1.74. The van der Waals surface area contributed by atoms with Gasteiger partial charge in [-0.2, -0.15) is 0 Å². The van der Waals surface area contributed by atoms with Crippen molar-refractivity contribution in [3.63, 3.8) is 0 Å². The largest absolute Gasteiger partial charge is 0.305 e. The summed E-state index contributed by atoms with van der Waals surface area (Å²) >= 11 is 3.75.